The van der Waals surface area contributed by atoms with Crippen LogP contribution in [0.3, 0.4) is 0 Å². The molecule has 7 nitrogen and oxygen atoms in total. The molecule has 0 fully saturated rings. The number of rotatable bonds is 7. The van der Waals surface area contributed by atoms with E-state index in [1.807, 2.05) is 6.07 Å². The Hall–Kier alpha value is -2.22. The molecule has 28 heavy (non-hydrogen) atoms. The normalized spacial score (nSPS) is 13.3. The molecule has 0 aliphatic heterocycles. The van der Waals surface area contributed by atoms with Gasteiger partial charge in [0, 0.05) is 38.8 Å². The molecule has 8 heteroatoms. The fraction of sp³-hybridized carbons (Fsp3) is 0.450. The molecule has 0 spiro atoms. The standard InChI is InChI=1S/C20H24ClN3O4/c1-11-18(23-13(9-27-3)10-28-4)20(26)24(2)19(22-11)15-7-12-5-6-17(25)14(12)8-16(15)21/h7-8,13,23H,5-6,9-10H2,1-4H3. The Morgan fingerprint density at radius 3 is 2.50 bits per heavy atom. The maximum absolute atomic E-state index is 13.0. The van der Waals surface area contributed by atoms with Crippen LogP contribution in [-0.4, -0.2) is 48.8 Å². The zero-order valence-corrected chi connectivity index (χ0v) is 17.2. The average molecular weight is 406 g/mol. The van der Waals surface area contributed by atoms with E-state index in [0.717, 1.165) is 5.56 Å². The van der Waals surface area contributed by atoms with Crippen molar-refractivity contribution in [2.45, 2.75) is 25.8 Å². The second-order valence-electron chi connectivity index (χ2n) is 6.92. The molecular formula is C20H24ClN3O4. The van der Waals surface area contributed by atoms with Gasteiger partial charge in [0.1, 0.15) is 11.5 Å². The molecular weight excluding hydrogens is 382 g/mol. The van der Waals surface area contributed by atoms with E-state index >= 15 is 0 Å². The number of hydrogen-bond acceptors (Lipinski definition) is 6. The summed E-state index contributed by atoms with van der Waals surface area (Å²) in [5.74, 6) is 0.568. The molecule has 0 amide bonds. The Kier molecular flexibility index (Phi) is 6.17. The van der Waals surface area contributed by atoms with Crippen LogP contribution in [0.2, 0.25) is 5.02 Å². The number of aromatic nitrogens is 2. The van der Waals surface area contributed by atoms with Crippen molar-refractivity contribution >= 4 is 23.1 Å². The Balaban J connectivity index is 2.04. The number of nitrogens with one attached hydrogen (secondary N) is 1. The highest BCUT2D eigenvalue weighted by Crippen LogP contribution is 2.33. The molecule has 1 N–H and O–H groups in total. The van der Waals surface area contributed by atoms with Gasteiger partial charge in [-0.25, -0.2) is 4.98 Å². The first-order chi connectivity index (χ1) is 13.4. The van der Waals surface area contributed by atoms with Gasteiger partial charge in [-0.15, -0.1) is 0 Å². The van der Waals surface area contributed by atoms with Crippen molar-refractivity contribution < 1.29 is 14.3 Å². The predicted molar refractivity (Wildman–Crippen MR) is 108 cm³/mol. The number of methoxy groups -OCH3 is 2. The van der Waals surface area contributed by atoms with Crippen LogP contribution in [-0.2, 0) is 22.9 Å². The molecule has 1 aliphatic carbocycles. The van der Waals surface area contributed by atoms with E-state index in [1.165, 1.54) is 4.57 Å². The van der Waals surface area contributed by atoms with Crippen LogP contribution in [0.4, 0.5) is 5.69 Å². The number of nitrogens with zero attached hydrogens (tertiary/aromatic N) is 2. The van der Waals surface area contributed by atoms with Gasteiger partial charge in [0.25, 0.3) is 5.56 Å². The molecule has 3 rings (SSSR count). The van der Waals surface area contributed by atoms with Gasteiger partial charge < -0.3 is 14.8 Å². The van der Waals surface area contributed by atoms with Gasteiger partial charge in [0.15, 0.2) is 5.78 Å². The van der Waals surface area contributed by atoms with Gasteiger partial charge in [-0.05, 0) is 31.0 Å². The second-order valence-corrected chi connectivity index (χ2v) is 7.33. The van der Waals surface area contributed by atoms with Crippen molar-refractivity contribution in [2.24, 2.45) is 7.05 Å². The van der Waals surface area contributed by atoms with Crippen LogP contribution in [0.25, 0.3) is 11.4 Å². The number of fused-ring (bicyclic) bond motifs is 1. The second kappa shape index (κ2) is 8.43. The quantitative estimate of drug-likeness (QED) is 0.762. The lowest BCUT2D eigenvalue weighted by molar-refractivity contribution is 0.0994. The molecule has 1 aromatic heterocycles. The number of aryl methyl sites for hydroxylation is 2. The maximum atomic E-state index is 13.0. The van der Waals surface area contributed by atoms with Crippen LogP contribution in [0.1, 0.15) is 28.0 Å². The van der Waals surface area contributed by atoms with Crippen molar-refractivity contribution in [3.05, 3.63) is 44.3 Å². The molecule has 0 bridgehead atoms. The first-order valence-electron chi connectivity index (χ1n) is 9.05. The van der Waals surface area contributed by atoms with E-state index in [0.29, 0.717) is 59.4 Å². The average Bonchev–Trinajstić information content (AvgIpc) is 3.01. The summed E-state index contributed by atoms with van der Waals surface area (Å²) in [7, 11) is 4.85. The van der Waals surface area contributed by atoms with Crippen molar-refractivity contribution in [3.8, 4) is 11.4 Å². The minimum atomic E-state index is -0.215. The van der Waals surface area contributed by atoms with Crippen LogP contribution < -0.4 is 10.9 Å². The Morgan fingerprint density at radius 2 is 1.86 bits per heavy atom. The number of ether oxygens (including phenoxy) is 2. The molecule has 0 radical (unpaired) electrons. The summed E-state index contributed by atoms with van der Waals surface area (Å²) in [4.78, 5) is 29.6. The Labute approximate surface area is 168 Å². The molecule has 150 valence electrons. The van der Waals surface area contributed by atoms with Gasteiger partial charge in [0.05, 0.1) is 30.0 Å². The topological polar surface area (TPSA) is 82.4 Å². The van der Waals surface area contributed by atoms with E-state index < -0.39 is 0 Å². The molecule has 1 heterocycles. The van der Waals surface area contributed by atoms with Crippen LogP contribution in [0.15, 0.2) is 16.9 Å². The number of carbonyl (C=O) groups is 1. The largest absolute Gasteiger partial charge is 0.382 e. The van der Waals surface area contributed by atoms with Crippen molar-refractivity contribution in [3.63, 3.8) is 0 Å². The number of anilines is 1. The van der Waals surface area contributed by atoms with Crippen LogP contribution >= 0.6 is 11.6 Å². The highest BCUT2D eigenvalue weighted by Gasteiger charge is 2.24. The molecule has 1 aromatic carbocycles. The number of hydrogen-bond donors (Lipinski definition) is 1. The monoisotopic (exact) mass is 405 g/mol. The number of halogens is 1. The highest BCUT2D eigenvalue weighted by molar-refractivity contribution is 6.33. The smallest absolute Gasteiger partial charge is 0.277 e. The van der Waals surface area contributed by atoms with Crippen molar-refractivity contribution in [2.75, 3.05) is 32.8 Å². The van der Waals surface area contributed by atoms with E-state index in [9.17, 15) is 9.59 Å². The molecule has 2 aromatic rings. The van der Waals surface area contributed by atoms with Gasteiger partial charge in [-0.2, -0.15) is 0 Å². The maximum Gasteiger partial charge on any atom is 0.277 e. The zero-order chi connectivity index (χ0) is 20.4. The summed E-state index contributed by atoms with van der Waals surface area (Å²) in [6.07, 6.45) is 1.17. The molecule has 0 atom stereocenters. The first-order valence-corrected chi connectivity index (χ1v) is 9.43. The van der Waals surface area contributed by atoms with E-state index in [2.05, 4.69) is 10.3 Å². The van der Waals surface area contributed by atoms with Gasteiger partial charge in [-0.1, -0.05) is 11.6 Å². The number of Topliss-reactive ketones (excluding diaryl/α,β-unsaturated/α-hetero) is 1. The predicted octanol–water partition coefficient (Wildman–Crippen LogP) is 2.61. The Bertz CT molecular complexity index is 965. The summed E-state index contributed by atoms with van der Waals surface area (Å²) in [6, 6.07) is 3.38. The minimum absolute atomic E-state index is 0.100. The van der Waals surface area contributed by atoms with Crippen LogP contribution in [0.5, 0.6) is 0 Å². The van der Waals surface area contributed by atoms with Gasteiger partial charge >= 0.3 is 0 Å². The summed E-state index contributed by atoms with van der Waals surface area (Å²) in [6.45, 7) is 2.56. The number of carbonyl (C=O) groups excluding carboxylic acids is 1. The summed E-state index contributed by atoms with van der Waals surface area (Å²) in [5, 5.41) is 3.59. The first kappa shape index (κ1) is 20.5. The molecule has 0 saturated carbocycles. The summed E-state index contributed by atoms with van der Waals surface area (Å²) < 4.78 is 11.8. The fourth-order valence-electron chi connectivity index (χ4n) is 3.49. The minimum Gasteiger partial charge on any atom is -0.382 e. The molecule has 0 unspecified atom stereocenters. The number of benzene rings is 1. The van der Waals surface area contributed by atoms with Crippen molar-refractivity contribution in [1.82, 2.24) is 9.55 Å². The van der Waals surface area contributed by atoms with Gasteiger partial charge in [-0.3, -0.25) is 14.2 Å². The molecule has 0 saturated heterocycles. The lowest BCUT2D eigenvalue weighted by Crippen LogP contribution is -2.35. The van der Waals surface area contributed by atoms with E-state index in [-0.39, 0.29) is 17.4 Å². The SMILES string of the molecule is COCC(COC)Nc1c(C)nc(-c2cc3c(cc2Cl)C(=O)CC3)n(C)c1=O. The third-order valence-electron chi connectivity index (χ3n) is 4.91. The van der Waals surface area contributed by atoms with Crippen LogP contribution in [0, 0.1) is 6.92 Å². The van der Waals surface area contributed by atoms with Crippen molar-refractivity contribution in [1.29, 1.82) is 0 Å². The van der Waals surface area contributed by atoms with Gasteiger partial charge in [0.2, 0.25) is 0 Å². The number of ketones is 1. The zero-order valence-electron chi connectivity index (χ0n) is 16.5. The lowest BCUT2D eigenvalue weighted by atomic mass is 10.0. The highest BCUT2D eigenvalue weighted by atomic mass is 35.5. The third-order valence-corrected chi connectivity index (χ3v) is 5.22. The Morgan fingerprint density at radius 1 is 1.18 bits per heavy atom. The summed E-state index contributed by atoms with van der Waals surface area (Å²) in [5.41, 5.74) is 3.00. The molecule has 1 aliphatic rings. The van der Waals surface area contributed by atoms with E-state index in [1.54, 1.807) is 34.3 Å². The lowest BCUT2D eigenvalue weighted by Gasteiger charge is -2.20. The summed E-state index contributed by atoms with van der Waals surface area (Å²) >= 11 is 6.43. The third kappa shape index (κ3) is 3.83. The van der Waals surface area contributed by atoms with E-state index in [4.69, 9.17) is 21.1 Å². The fourth-order valence-corrected chi connectivity index (χ4v) is 3.74.